The van der Waals surface area contributed by atoms with E-state index in [-0.39, 0.29) is 6.04 Å². The molecule has 7 nitrogen and oxygen atoms in total. The number of hydrogen-bond donors (Lipinski definition) is 1. The van der Waals surface area contributed by atoms with Gasteiger partial charge >= 0.3 is 0 Å². The molecule has 0 spiro atoms. The van der Waals surface area contributed by atoms with Gasteiger partial charge in [0.25, 0.3) is 0 Å². The maximum atomic E-state index is 11.6. The summed E-state index contributed by atoms with van der Waals surface area (Å²) in [6.07, 6.45) is 11.3. The first-order valence-corrected chi connectivity index (χ1v) is 16.7. The van der Waals surface area contributed by atoms with Gasteiger partial charge in [0.2, 0.25) is 10.0 Å². The van der Waals surface area contributed by atoms with Crippen LogP contribution in [0.1, 0.15) is 65.4 Å². The van der Waals surface area contributed by atoms with Crippen molar-refractivity contribution in [3.63, 3.8) is 0 Å². The van der Waals surface area contributed by atoms with Gasteiger partial charge < -0.3 is 9.64 Å². The van der Waals surface area contributed by atoms with Crippen molar-refractivity contribution >= 4 is 42.4 Å². The zero-order valence-electron chi connectivity index (χ0n) is 24.9. The number of piperidine rings is 1. The minimum absolute atomic E-state index is 0.289. The van der Waals surface area contributed by atoms with E-state index >= 15 is 0 Å². The fourth-order valence-electron chi connectivity index (χ4n) is 4.51. The van der Waals surface area contributed by atoms with Crippen molar-refractivity contribution < 1.29 is 13.2 Å². The van der Waals surface area contributed by atoms with Crippen LogP contribution in [0, 0.1) is 6.92 Å². The lowest BCUT2D eigenvalue weighted by atomic mass is 9.99. The van der Waals surface area contributed by atoms with E-state index in [1.807, 2.05) is 18.2 Å². The van der Waals surface area contributed by atoms with Crippen molar-refractivity contribution in [3.8, 4) is 5.75 Å². The van der Waals surface area contributed by atoms with Gasteiger partial charge in [0.15, 0.2) is 0 Å². The Morgan fingerprint density at radius 2 is 2.00 bits per heavy atom. The van der Waals surface area contributed by atoms with E-state index in [1.54, 1.807) is 26.3 Å². The highest BCUT2D eigenvalue weighted by molar-refractivity contribution is 7.88. The van der Waals surface area contributed by atoms with Crippen LogP contribution in [0.4, 0.5) is 0 Å². The van der Waals surface area contributed by atoms with Crippen LogP contribution in [0.15, 0.2) is 46.2 Å². The second-order valence-corrected chi connectivity index (χ2v) is 12.8. The third-order valence-corrected chi connectivity index (χ3v) is 8.26. The Bertz CT molecular complexity index is 1050. The number of allylic oxidation sites excluding steroid dienone is 1. The van der Waals surface area contributed by atoms with E-state index in [9.17, 15) is 8.42 Å². The molecule has 1 aliphatic rings. The summed E-state index contributed by atoms with van der Waals surface area (Å²) < 4.78 is 30.7. The van der Waals surface area contributed by atoms with Gasteiger partial charge in [-0.15, -0.1) is 9.24 Å². The molecule has 2 unspecified atom stereocenters. The van der Waals surface area contributed by atoms with Gasteiger partial charge in [-0.3, -0.25) is 14.6 Å². The highest BCUT2D eigenvalue weighted by Crippen LogP contribution is 2.24. The Morgan fingerprint density at radius 1 is 1.33 bits per heavy atom. The second kappa shape index (κ2) is 18.8. The van der Waals surface area contributed by atoms with Gasteiger partial charge in [0.1, 0.15) is 5.75 Å². The summed E-state index contributed by atoms with van der Waals surface area (Å²) >= 11 is 6.54. The molecule has 2 rings (SSSR count). The molecule has 1 aliphatic heterocycles. The van der Waals surface area contributed by atoms with E-state index in [0.29, 0.717) is 23.2 Å². The topological polar surface area (TPSA) is 74.2 Å². The van der Waals surface area contributed by atoms with Crippen LogP contribution < -0.4 is 14.8 Å². The Balaban J connectivity index is 0.000000633. The molecule has 1 saturated heterocycles. The number of likely N-dealkylation sites (tertiary alicyclic amines) is 1. The maximum Gasteiger partial charge on any atom is 0.229 e. The number of aliphatic imine (C=N–C) groups is 1. The van der Waals surface area contributed by atoms with Crippen LogP contribution in [0.5, 0.6) is 5.75 Å². The normalized spacial score (nSPS) is 16.8. The molecule has 39 heavy (non-hydrogen) atoms. The number of aryl methyl sites for hydroxylation is 1. The minimum Gasteiger partial charge on any atom is -0.497 e. The van der Waals surface area contributed by atoms with Crippen molar-refractivity contribution in [3.05, 3.63) is 46.8 Å². The number of sulfonamides is 1. The van der Waals surface area contributed by atoms with Gasteiger partial charge in [0.05, 0.1) is 25.3 Å². The number of ether oxygens (including phenoxy) is 1. The Kier molecular flexibility index (Phi) is 17.2. The monoisotopic (exact) mass is 600 g/mol. The van der Waals surface area contributed by atoms with E-state index in [1.165, 1.54) is 42.8 Å². The highest BCUT2D eigenvalue weighted by atomic mass is 35.5. The molecule has 0 bridgehead atoms. The summed E-state index contributed by atoms with van der Waals surface area (Å²) in [5, 5.41) is 1.82. The third-order valence-electron chi connectivity index (χ3n) is 6.76. The van der Waals surface area contributed by atoms with Crippen molar-refractivity contribution in [2.24, 2.45) is 4.99 Å². The maximum absolute atomic E-state index is 11.6. The predicted molar refractivity (Wildman–Crippen MR) is 172 cm³/mol. The molecule has 1 heterocycles. The Labute approximate surface area is 245 Å². The quantitative estimate of drug-likeness (QED) is 0.185. The summed E-state index contributed by atoms with van der Waals surface area (Å²) in [5.41, 5.74) is 1.64. The molecule has 1 fully saturated rings. The number of benzene rings is 1. The lowest BCUT2D eigenvalue weighted by Gasteiger charge is -2.41. The Morgan fingerprint density at radius 3 is 2.51 bits per heavy atom. The van der Waals surface area contributed by atoms with Gasteiger partial charge in [-0.05, 0) is 102 Å². The number of nitrogens with zero attached hydrogens (tertiary/aromatic N) is 3. The summed E-state index contributed by atoms with van der Waals surface area (Å²) in [4.78, 5) is 9.13. The molecule has 1 aromatic rings. The third kappa shape index (κ3) is 14.7. The lowest BCUT2D eigenvalue weighted by Crippen LogP contribution is -2.48. The molecule has 0 aromatic heterocycles. The fourth-order valence-corrected chi connectivity index (χ4v) is 5.65. The van der Waals surface area contributed by atoms with Crippen molar-refractivity contribution in [2.45, 2.75) is 78.8 Å². The standard InChI is InChI=1S/C21H39ClN4O2S.C8H11OP/c1-6-9-12-26(21-10-13-25(8-3)14-11-21)18(4)15-19(22)16-20(17-23-7-2)24-29(5,27)28;1-6-3-4-7(9-2)5-8(6)10/h7,16-18,21,24H,6,8-15H2,1-5H3;3-5H,10H2,1-2H3/b19-16+,20-17+,23-7?;. The number of halogens is 1. The number of hydrogen-bond acceptors (Lipinski definition) is 6. The highest BCUT2D eigenvalue weighted by Gasteiger charge is 2.27. The average Bonchev–Trinajstić information content (AvgIpc) is 2.89. The number of rotatable bonds is 13. The Hall–Kier alpha value is -1.44. The molecular formula is C29H50ClN4O3PS. The van der Waals surface area contributed by atoms with Crippen molar-refractivity contribution in [1.82, 2.24) is 14.5 Å². The van der Waals surface area contributed by atoms with E-state index in [0.717, 1.165) is 38.2 Å². The zero-order valence-corrected chi connectivity index (χ0v) is 27.6. The first-order valence-electron chi connectivity index (χ1n) is 13.8. The van der Waals surface area contributed by atoms with Crippen molar-refractivity contribution in [1.29, 1.82) is 0 Å². The summed E-state index contributed by atoms with van der Waals surface area (Å²) in [5.74, 6) is 0.913. The van der Waals surface area contributed by atoms with Gasteiger partial charge in [-0.25, -0.2) is 8.42 Å². The SMILES string of the molecule is CC=N/C=C(\C=C(\Cl)CC(C)N(CCCC)C1CCN(CC)CC1)NS(C)(=O)=O.COc1ccc(C)c(P)c1. The summed E-state index contributed by atoms with van der Waals surface area (Å²) in [6.45, 7) is 15.0. The van der Waals surface area contributed by atoms with Crippen molar-refractivity contribution in [2.75, 3.05) is 39.5 Å². The zero-order chi connectivity index (χ0) is 29.4. The van der Waals surface area contributed by atoms with Crippen LogP contribution >= 0.6 is 20.8 Å². The van der Waals surface area contributed by atoms with E-state index in [2.05, 4.69) is 56.4 Å². The summed E-state index contributed by atoms with van der Waals surface area (Å²) in [6, 6.07) is 6.87. The molecule has 1 N–H and O–H groups in total. The predicted octanol–water partition coefficient (Wildman–Crippen LogP) is 5.46. The second-order valence-electron chi connectivity index (χ2n) is 9.99. The first kappa shape index (κ1) is 35.6. The molecular weight excluding hydrogens is 551 g/mol. The van der Waals surface area contributed by atoms with E-state index < -0.39 is 10.0 Å². The molecule has 0 saturated carbocycles. The summed E-state index contributed by atoms with van der Waals surface area (Å²) in [7, 11) is 0.954. The van der Waals surface area contributed by atoms with Crippen LogP contribution in [-0.4, -0.2) is 76.1 Å². The van der Waals surface area contributed by atoms with Crippen LogP contribution in [0.25, 0.3) is 0 Å². The molecule has 1 aromatic carbocycles. The number of unbranched alkanes of at least 4 members (excludes halogenated alkanes) is 1. The number of methoxy groups -OCH3 is 1. The van der Waals surface area contributed by atoms with Crippen LogP contribution in [0.2, 0.25) is 0 Å². The van der Waals surface area contributed by atoms with Crippen LogP contribution in [-0.2, 0) is 10.0 Å². The minimum atomic E-state index is -3.39. The molecule has 0 amide bonds. The molecule has 10 heteroatoms. The van der Waals surface area contributed by atoms with Gasteiger partial charge in [-0.2, -0.15) is 0 Å². The van der Waals surface area contributed by atoms with Gasteiger partial charge in [0, 0.05) is 23.3 Å². The lowest BCUT2D eigenvalue weighted by molar-refractivity contribution is 0.0799. The average molecular weight is 601 g/mol. The van der Waals surface area contributed by atoms with E-state index in [4.69, 9.17) is 16.3 Å². The first-order chi connectivity index (χ1) is 18.4. The molecule has 2 atom stereocenters. The largest absolute Gasteiger partial charge is 0.497 e. The van der Waals surface area contributed by atoms with Gasteiger partial charge in [-0.1, -0.05) is 37.9 Å². The number of nitrogens with one attached hydrogen (secondary N) is 1. The smallest absolute Gasteiger partial charge is 0.229 e. The van der Waals surface area contributed by atoms with Crippen LogP contribution in [0.3, 0.4) is 0 Å². The molecule has 0 aliphatic carbocycles. The molecule has 0 radical (unpaired) electrons. The molecule has 222 valence electrons. The fraction of sp³-hybridized carbons (Fsp3) is 0.621.